The SMILES string of the molecule is Cc1noc(/C=C\c2cc(I)c(OCc3ccccc3)c(I)c2)c1[N+](=O)[O-]. The van der Waals surface area contributed by atoms with Crippen LogP contribution in [0.4, 0.5) is 5.69 Å². The maximum atomic E-state index is 11.1. The van der Waals surface area contributed by atoms with Gasteiger partial charge in [-0.1, -0.05) is 41.6 Å². The molecule has 3 aromatic rings. The molecule has 138 valence electrons. The van der Waals surface area contributed by atoms with Crippen LogP contribution in [0.3, 0.4) is 0 Å². The first-order valence-corrected chi connectivity index (χ1v) is 10.1. The zero-order chi connectivity index (χ0) is 19.4. The average Bonchev–Trinajstić information content (AvgIpc) is 3.01. The molecule has 1 aromatic heterocycles. The molecule has 0 amide bonds. The van der Waals surface area contributed by atoms with Crippen molar-refractivity contribution in [3.8, 4) is 5.75 Å². The summed E-state index contributed by atoms with van der Waals surface area (Å²) >= 11 is 4.44. The number of nitro groups is 1. The van der Waals surface area contributed by atoms with E-state index in [0.717, 1.165) is 24.0 Å². The highest BCUT2D eigenvalue weighted by atomic mass is 127. The van der Waals surface area contributed by atoms with Crippen molar-refractivity contribution >= 4 is 63.0 Å². The van der Waals surface area contributed by atoms with Gasteiger partial charge in [0.2, 0.25) is 5.76 Å². The summed E-state index contributed by atoms with van der Waals surface area (Å²) in [5.41, 5.74) is 2.13. The van der Waals surface area contributed by atoms with Crippen LogP contribution in [0.15, 0.2) is 47.0 Å². The fourth-order valence-corrected chi connectivity index (χ4v) is 4.56. The van der Waals surface area contributed by atoms with Crippen molar-refractivity contribution in [1.82, 2.24) is 5.16 Å². The molecule has 0 atom stereocenters. The van der Waals surface area contributed by atoms with Crippen molar-refractivity contribution in [2.45, 2.75) is 13.5 Å². The van der Waals surface area contributed by atoms with E-state index in [9.17, 15) is 10.1 Å². The number of hydrogen-bond acceptors (Lipinski definition) is 5. The second kappa shape index (κ2) is 8.83. The van der Waals surface area contributed by atoms with Crippen molar-refractivity contribution in [2.75, 3.05) is 0 Å². The molecule has 0 saturated carbocycles. The smallest absolute Gasteiger partial charge is 0.338 e. The first-order chi connectivity index (χ1) is 13.0. The normalized spacial score (nSPS) is 11.1. The van der Waals surface area contributed by atoms with Gasteiger partial charge in [0, 0.05) is 0 Å². The van der Waals surface area contributed by atoms with E-state index in [1.54, 1.807) is 19.1 Å². The minimum atomic E-state index is -0.487. The van der Waals surface area contributed by atoms with Gasteiger partial charge in [0.05, 0.1) is 12.1 Å². The number of nitrogens with zero attached hydrogens (tertiary/aromatic N) is 2. The Kier molecular flexibility index (Phi) is 6.47. The number of rotatable bonds is 6. The molecule has 0 unspecified atom stereocenters. The number of halogens is 2. The van der Waals surface area contributed by atoms with Crippen LogP contribution in [0.1, 0.15) is 22.6 Å². The molecule has 0 saturated heterocycles. The molecule has 0 radical (unpaired) electrons. The highest BCUT2D eigenvalue weighted by molar-refractivity contribution is 14.1. The Morgan fingerprint density at radius 2 is 1.85 bits per heavy atom. The minimum absolute atomic E-state index is 0.113. The average molecular weight is 588 g/mol. The van der Waals surface area contributed by atoms with Gasteiger partial charge >= 0.3 is 5.69 Å². The summed E-state index contributed by atoms with van der Waals surface area (Å²) in [6, 6.07) is 13.9. The van der Waals surface area contributed by atoms with Crippen LogP contribution >= 0.6 is 45.2 Å². The molecule has 0 aliphatic rings. The molecule has 0 fully saturated rings. The maximum Gasteiger partial charge on any atom is 0.338 e. The Hall–Kier alpha value is -1.95. The first-order valence-electron chi connectivity index (χ1n) is 7.90. The Morgan fingerprint density at radius 1 is 1.19 bits per heavy atom. The fourth-order valence-electron chi connectivity index (χ4n) is 2.43. The summed E-state index contributed by atoms with van der Waals surface area (Å²) in [4.78, 5) is 10.6. The number of ether oxygens (including phenoxy) is 1. The predicted octanol–water partition coefficient (Wildman–Crippen LogP) is 5.85. The molecule has 0 aliphatic heterocycles. The number of aromatic nitrogens is 1. The summed E-state index contributed by atoms with van der Waals surface area (Å²) < 4.78 is 12.9. The van der Waals surface area contributed by atoms with Crippen LogP contribution in [0.5, 0.6) is 5.75 Å². The molecular weight excluding hydrogens is 574 g/mol. The van der Waals surface area contributed by atoms with Crippen molar-refractivity contribution in [3.63, 3.8) is 0 Å². The lowest BCUT2D eigenvalue weighted by Gasteiger charge is -2.11. The lowest BCUT2D eigenvalue weighted by molar-refractivity contribution is -0.386. The first kappa shape index (κ1) is 19.8. The molecule has 8 heteroatoms. The van der Waals surface area contributed by atoms with Crippen LogP contribution in [-0.4, -0.2) is 10.1 Å². The lowest BCUT2D eigenvalue weighted by atomic mass is 10.2. The second-order valence-electron chi connectivity index (χ2n) is 5.66. The van der Waals surface area contributed by atoms with Crippen LogP contribution in [0.25, 0.3) is 12.2 Å². The van der Waals surface area contributed by atoms with Gasteiger partial charge in [0.15, 0.2) is 5.69 Å². The highest BCUT2D eigenvalue weighted by Gasteiger charge is 2.22. The minimum Gasteiger partial charge on any atom is -0.487 e. The van der Waals surface area contributed by atoms with Gasteiger partial charge in [-0.05, 0) is 81.4 Å². The quantitative estimate of drug-likeness (QED) is 0.205. The third-order valence-corrected chi connectivity index (χ3v) is 5.32. The highest BCUT2D eigenvalue weighted by Crippen LogP contribution is 2.31. The Bertz CT molecular complexity index is 977. The number of hydrogen-bond donors (Lipinski definition) is 0. The molecule has 27 heavy (non-hydrogen) atoms. The monoisotopic (exact) mass is 588 g/mol. The molecule has 0 bridgehead atoms. The molecule has 0 spiro atoms. The molecule has 2 aromatic carbocycles. The van der Waals surface area contributed by atoms with E-state index < -0.39 is 4.92 Å². The zero-order valence-electron chi connectivity index (χ0n) is 14.2. The number of benzene rings is 2. The van der Waals surface area contributed by atoms with Crippen LogP contribution in [-0.2, 0) is 6.61 Å². The van der Waals surface area contributed by atoms with Crippen molar-refractivity contribution in [2.24, 2.45) is 0 Å². The van der Waals surface area contributed by atoms with E-state index >= 15 is 0 Å². The van der Waals surface area contributed by atoms with E-state index in [1.165, 1.54) is 0 Å². The van der Waals surface area contributed by atoms with Gasteiger partial charge < -0.3 is 9.26 Å². The third-order valence-electron chi connectivity index (χ3n) is 3.71. The van der Waals surface area contributed by atoms with Crippen LogP contribution < -0.4 is 4.74 Å². The molecule has 0 aliphatic carbocycles. The van der Waals surface area contributed by atoms with Crippen molar-refractivity contribution < 1.29 is 14.2 Å². The van der Waals surface area contributed by atoms with E-state index in [4.69, 9.17) is 9.26 Å². The van der Waals surface area contributed by atoms with Gasteiger partial charge in [-0.2, -0.15) is 0 Å². The molecule has 6 nitrogen and oxygen atoms in total. The molecule has 1 heterocycles. The van der Waals surface area contributed by atoms with Crippen molar-refractivity contribution in [3.05, 3.63) is 82.3 Å². The summed E-state index contributed by atoms with van der Waals surface area (Å²) in [6.07, 6.45) is 3.32. The Morgan fingerprint density at radius 3 is 2.48 bits per heavy atom. The summed E-state index contributed by atoms with van der Waals surface area (Å²) in [7, 11) is 0. The second-order valence-corrected chi connectivity index (χ2v) is 7.98. The van der Waals surface area contributed by atoms with Gasteiger partial charge in [0.25, 0.3) is 0 Å². The van der Waals surface area contributed by atoms with Gasteiger partial charge in [0.1, 0.15) is 12.4 Å². The van der Waals surface area contributed by atoms with Crippen molar-refractivity contribution in [1.29, 1.82) is 0 Å². The van der Waals surface area contributed by atoms with Gasteiger partial charge in [-0.15, -0.1) is 0 Å². The predicted molar refractivity (Wildman–Crippen MR) is 119 cm³/mol. The fraction of sp³-hybridized carbons (Fsp3) is 0.105. The van der Waals surface area contributed by atoms with Crippen LogP contribution in [0.2, 0.25) is 0 Å². The van der Waals surface area contributed by atoms with E-state index in [1.807, 2.05) is 42.5 Å². The largest absolute Gasteiger partial charge is 0.487 e. The Labute approximate surface area is 183 Å². The summed E-state index contributed by atoms with van der Waals surface area (Å²) in [6.45, 7) is 2.04. The standard InChI is InChI=1S/C19H14I2N2O4/c1-12-18(23(24)25)17(27-22-12)8-7-14-9-15(20)19(16(21)10-14)26-11-13-5-3-2-4-6-13/h2-10H,11H2,1H3/b8-7-. The molecule has 0 N–H and O–H groups in total. The zero-order valence-corrected chi connectivity index (χ0v) is 18.5. The summed E-state index contributed by atoms with van der Waals surface area (Å²) in [5, 5.41) is 14.8. The topological polar surface area (TPSA) is 78.4 Å². The third kappa shape index (κ3) is 4.86. The summed E-state index contributed by atoms with van der Waals surface area (Å²) in [5.74, 6) is 0.950. The van der Waals surface area contributed by atoms with Gasteiger partial charge in [-0.25, -0.2) is 0 Å². The van der Waals surface area contributed by atoms with E-state index in [2.05, 4.69) is 50.3 Å². The Balaban J connectivity index is 1.79. The van der Waals surface area contributed by atoms with Crippen LogP contribution in [0, 0.1) is 24.2 Å². The maximum absolute atomic E-state index is 11.1. The number of aryl methyl sites for hydroxylation is 1. The van der Waals surface area contributed by atoms with E-state index in [-0.39, 0.29) is 17.1 Å². The molecular formula is C19H14I2N2O4. The van der Waals surface area contributed by atoms with Gasteiger partial charge in [-0.3, -0.25) is 10.1 Å². The lowest BCUT2D eigenvalue weighted by Crippen LogP contribution is -1.99. The van der Waals surface area contributed by atoms with E-state index in [0.29, 0.717) is 6.61 Å². The molecule has 3 rings (SSSR count).